The Morgan fingerprint density at radius 3 is 2.83 bits per heavy atom. The number of methoxy groups -OCH3 is 1. The number of thiophene rings is 1. The first-order valence-corrected chi connectivity index (χ1v) is 7.72. The van der Waals surface area contributed by atoms with Crippen LogP contribution < -0.4 is 10.5 Å². The molecule has 96 valence electrons. The number of hydrogen-bond acceptors (Lipinski definition) is 4. The minimum atomic E-state index is -0.985. The molecule has 0 aliphatic rings. The molecule has 0 amide bonds. The average Bonchev–Trinajstić information content (AvgIpc) is 2.92. The Hall–Kier alpha value is -1.17. The van der Waals surface area contributed by atoms with Gasteiger partial charge in [0, 0.05) is 12.1 Å². The third kappa shape index (κ3) is 2.98. The van der Waals surface area contributed by atoms with Crippen molar-refractivity contribution in [2.75, 3.05) is 7.11 Å². The van der Waals surface area contributed by atoms with E-state index < -0.39 is 10.8 Å². The first kappa shape index (κ1) is 13.3. The van der Waals surface area contributed by atoms with Crippen LogP contribution in [-0.4, -0.2) is 11.3 Å². The molecule has 0 radical (unpaired) electrons. The fourth-order valence-corrected chi connectivity index (χ4v) is 3.77. The fourth-order valence-electron chi connectivity index (χ4n) is 1.70. The Bertz CT molecular complexity index is 538. The van der Waals surface area contributed by atoms with E-state index in [9.17, 15) is 4.21 Å². The van der Waals surface area contributed by atoms with Gasteiger partial charge < -0.3 is 10.5 Å². The van der Waals surface area contributed by atoms with Gasteiger partial charge in [-0.2, -0.15) is 0 Å². The topological polar surface area (TPSA) is 52.3 Å². The van der Waals surface area contributed by atoms with Gasteiger partial charge in [-0.3, -0.25) is 4.21 Å². The highest BCUT2D eigenvalue weighted by Crippen LogP contribution is 2.22. The maximum Gasteiger partial charge on any atom is 0.123 e. The maximum atomic E-state index is 12.1. The van der Waals surface area contributed by atoms with Crippen molar-refractivity contribution < 1.29 is 8.95 Å². The Kier molecular flexibility index (Phi) is 4.52. The second kappa shape index (κ2) is 6.13. The zero-order valence-corrected chi connectivity index (χ0v) is 11.7. The van der Waals surface area contributed by atoms with Crippen LogP contribution in [0.25, 0.3) is 0 Å². The van der Waals surface area contributed by atoms with Crippen molar-refractivity contribution in [3.63, 3.8) is 0 Å². The van der Waals surface area contributed by atoms with Crippen molar-refractivity contribution in [3.05, 3.63) is 46.8 Å². The van der Waals surface area contributed by atoms with Gasteiger partial charge in [0.15, 0.2) is 0 Å². The zero-order chi connectivity index (χ0) is 13.0. The summed E-state index contributed by atoms with van der Waals surface area (Å²) in [4.78, 5) is 0. The van der Waals surface area contributed by atoms with Gasteiger partial charge in [-0.05, 0) is 29.1 Å². The van der Waals surface area contributed by atoms with Gasteiger partial charge in [0.05, 0.1) is 27.9 Å². The lowest BCUT2D eigenvalue weighted by atomic mass is 10.1. The Morgan fingerprint density at radius 2 is 2.22 bits per heavy atom. The predicted molar refractivity (Wildman–Crippen MR) is 75.3 cm³/mol. The lowest BCUT2D eigenvalue weighted by Gasteiger charge is -2.08. The van der Waals surface area contributed by atoms with Crippen LogP contribution in [0.3, 0.4) is 0 Å². The highest BCUT2D eigenvalue weighted by molar-refractivity contribution is 7.86. The molecule has 2 rings (SSSR count). The third-order valence-electron chi connectivity index (χ3n) is 2.58. The van der Waals surface area contributed by atoms with Crippen molar-refractivity contribution in [2.45, 2.75) is 16.5 Å². The summed E-state index contributed by atoms with van der Waals surface area (Å²) in [6.07, 6.45) is 0. The van der Waals surface area contributed by atoms with E-state index in [-0.39, 0.29) is 0 Å². The lowest BCUT2D eigenvalue weighted by molar-refractivity contribution is 0.409. The zero-order valence-electron chi connectivity index (χ0n) is 10.1. The smallest absolute Gasteiger partial charge is 0.123 e. The van der Waals surface area contributed by atoms with Crippen LogP contribution in [0, 0.1) is 0 Å². The molecule has 0 spiro atoms. The molecule has 0 bridgehead atoms. The largest absolute Gasteiger partial charge is 0.496 e. The molecule has 1 unspecified atom stereocenters. The van der Waals surface area contributed by atoms with Crippen molar-refractivity contribution in [1.82, 2.24) is 0 Å². The molecule has 18 heavy (non-hydrogen) atoms. The lowest BCUT2D eigenvalue weighted by Crippen LogP contribution is -2.02. The van der Waals surface area contributed by atoms with Crippen LogP contribution in [0.2, 0.25) is 0 Å². The van der Waals surface area contributed by atoms with Crippen molar-refractivity contribution >= 4 is 22.1 Å². The molecule has 0 saturated carbocycles. The van der Waals surface area contributed by atoms with Gasteiger partial charge in [0.2, 0.25) is 0 Å². The predicted octanol–water partition coefficient (Wildman–Crippen LogP) is 2.52. The Labute approximate surface area is 113 Å². The van der Waals surface area contributed by atoms with Crippen LogP contribution in [0.5, 0.6) is 5.75 Å². The Morgan fingerprint density at radius 1 is 1.39 bits per heavy atom. The maximum absolute atomic E-state index is 12.1. The number of ether oxygens (including phenoxy) is 1. The Balaban J connectivity index is 2.17. The summed E-state index contributed by atoms with van der Waals surface area (Å²) in [5.41, 5.74) is 7.63. The first-order chi connectivity index (χ1) is 8.74. The molecule has 0 fully saturated rings. The second-order valence-corrected chi connectivity index (χ2v) is 6.40. The summed E-state index contributed by atoms with van der Waals surface area (Å²) in [6.45, 7) is 0.419. The van der Waals surface area contributed by atoms with Gasteiger partial charge in [-0.15, -0.1) is 11.3 Å². The average molecular weight is 281 g/mol. The van der Waals surface area contributed by atoms with Crippen LogP contribution in [0.4, 0.5) is 0 Å². The van der Waals surface area contributed by atoms with Crippen LogP contribution in [-0.2, 0) is 23.1 Å². The van der Waals surface area contributed by atoms with E-state index in [2.05, 4.69) is 0 Å². The molecule has 1 aromatic heterocycles. The van der Waals surface area contributed by atoms with Gasteiger partial charge in [0.1, 0.15) is 5.75 Å². The standard InChI is InChI=1S/C13H15NO2S2/c1-16-12-5-4-10(7-11(12)8-14)9-18(15)13-3-2-6-17-13/h2-7H,8-9,14H2,1H3. The van der Waals surface area contributed by atoms with Crippen LogP contribution in [0.1, 0.15) is 11.1 Å². The summed E-state index contributed by atoms with van der Waals surface area (Å²) in [7, 11) is 0.638. The SMILES string of the molecule is COc1ccc(CS(=O)c2cccs2)cc1CN. The molecule has 1 atom stereocenters. The normalized spacial score (nSPS) is 12.3. The van der Waals surface area contributed by atoms with E-state index in [1.54, 1.807) is 7.11 Å². The number of benzene rings is 1. The van der Waals surface area contributed by atoms with E-state index in [1.165, 1.54) is 11.3 Å². The van der Waals surface area contributed by atoms with E-state index in [1.807, 2.05) is 35.7 Å². The molecular weight excluding hydrogens is 266 g/mol. The molecule has 1 aromatic carbocycles. The van der Waals surface area contributed by atoms with Gasteiger partial charge in [-0.25, -0.2) is 0 Å². The monoisotopic (exact) mass is 281 g/mol. The van der Waals surface area contributed by atoms with E-state index >= 15 is 0 Å². The molecular formula is C13H15NO2S2. The fraction of sp³-hybridized carbons (Fsp3) is 0.231. The van der Waals surface area contributed by atoms with E-state index in [0.29, 0.717) is 12.3 Å². The molecule has 2 N–H and O–H groups in total. The van der Waals surface area contributed by atoms with E-state index in [0.717, 1.165) is 21.1 Å². The summed E-state index contributed by atoms with van der Waals surface area (Å²) < 4.78 is 18.2. The minimum Gasteiger partial charge on any atom is -0.496 e. The quantitative estimate of drug-likeness (QED) is 0.916. The summed E-state index contributed by atoms with van der Waals surface area (Å²) in [6, 6.07) is 9.59. The molecule has 0 aliphatic carbocycles. The summed E-state index contributed by atoms with van der Waals surface area (Å²) >= 11 is 1.52. The second-order valence-electron chi connectivity index (χ2n) is 3.77. The number of rotatable bonds is 5. The number of hydrogen-bond donors (Lipinski definition) is 1. The number of nitrogens with two attached hydrogens (primary N) is 1. The molecule has 1 heterocycles. The third-order valence-corrected chi connectivity index (χ3v) is 5.27. The van der Waals surface area contributed by atoms with Crippen LogP contribution >= 0.6 is 11.3 Å². The van der Waals surface area contributed by atoms with Crippen LogP contribution in [0.15, 0.2) is 39.9 Å². The van der Waals surface area contributed by atoms with Gasteiger partial charge in [0.25, 0.3) is 0 Å². The summed E-state index contributed by atoms with van der Waals surface area (Å²) in [5, 5.41) is 1.94. The van der Waals surface area contributed by atoms with E-state index in [4.69, 9.17) is 10.5 Å². The highest BCUT2D eigenvalue weighted by Gasteiger charge is 2.08. The molecule has 2 aromatic rings. The van der Waals surface area contributed by atoms with Crippen molar-refractivity contribution in [3.8, 4) is 5.75 Å². The molecule has 5 heteroatoms. The van der Waals surface area contributed by atoms with Gasteiger partial charge in [-0.1, -0.05) is 12.1 Å². The highest BCUT2D eigenvalue weighted by atomic mass is 32.2. The summed E-state index contributed by atoms with van der Waals surface area (Å²) in [5.74, 6) is 1.29. The van der Waals surface area contributed by atoms with Gasteiger partial charge >= 0.3 is 0 Å². The molecule has 0 aliphatic heterocycles. The minimum absolute atomic E-state index is 0.419. The van der Waals surface area contributed by atoms with Crippen molar-refractivity contribution in [2.24, 2.45) is 5.73 Å². The van der Waals surface area contributed by atoms with Crippen molar-refractivity contribution in [1.29, 1.82) is 0 Å². The molecule has 3 nitrogen and oxygen atoms in total. The first-order valence-electron chi connectivity index (χ1n) is 5.52. The molecule has 0 saturated heterocycles.